The van der Waals surface area contributed by atoms with E-state index in [-0.39, 0.29) is 0 Å². The molecule has 1 fully saturated rings. The van der Waals surface area contributed by atoms with Gasteiger partial charge in [-0.3, -0.25) is 0 Å². The Hall–Kier alpha value is -0.930. The molecule has 0 spiro atoms. The third-order valence-electron chi connectivity index (χ3n) is 4.13. The van der Waals surface area contributed by atoms with Crippen molar-refractivity contribution in [1.82, 2.24) is 5.32 Å². The van der Waals surface area contributed by atoms with E-state index in [4.69, 9.17) is 21.1 Å². The van der Waals surface area contributed by atoms with Gasteiger partial charge in [-0.25, -0.2) is 0 Å². The molecule has 3 rings (SSSR count). The number of fused-ring (bicyclic) bond motifs is 1. The normalized spacial score (nSPS) is 20.5. The molecule has 1 aromatic carbocycles. The van der Waals surface area contributed by atoms with Gasteiger partial charge in [0.15, 0.2) is 11.5 Å². The van der Waals surface area contributed by atoms with Crippen molar-refractivity contribution in [2.75, 3.05) is 20.3 Å². The van der Waals surface area contributed by atoms with Crippen LogP contribution in [0.15, 0.2) is 12.1 Å². The first-order valence-corrected chi connectivity index (χ1v) is 7.43. The molecule has 1 saturated carbocycles. The van der Waals surface area contributed by atoms with Crippen LogP contribution in [0.1, 0.15) is 37.3 Å². The maximum Gasteiger partial charge on any atom is 0.162 e. The number of ether oxygens (including phenoxy) is 2. The van der Waals surface area contributed by atoms with Crippen LogP contribution >= 0.6 is 11.6 Å². The fourth-order valence-electron chi connectivity index (χ4n) is 2.86. The Morgan fingerprint density at radius 1 is 1.16 bits per heavy atom. The van der Waals surface area contributed by atoms with Crippen LogP contribution in [-0.4, -0.2) is 20.3 Å². The summed E-state index contributed by atoms with van der Waals surface area (Å²) in [6.45, 7) is 1.41. The molecule has 1 unspecified atom stereocenters. The molecule has 19 heavy (non-hydrogen) atoms. The lowest BCUT2D eigenvalue weighted by molar-refractivity contribution is 0.238. The van der Waals surface area contributed by atoms with Gasteiger partial charge in [-0.05, 0) is 37.4 Å². The van der Waals surface area contributed by atoms with Crippen LogP contribution in [0.4, 0.5) is 0 Å². The Morgan fingerprint density at radius 2 is 1.84 bits per heavy atom. The van der Waals surface area contributed by atoms with Crippen molar-refractivity contribution in [3.05, 3.63) is 22.7 Å². The highest BCUT2D eigenvalue weighted by Crippen LogP contribution is 2.43. The summed E-state index contributed by atoms with van der Waals surface area (Å²) in [5.41, 5.74) is 1.14. The molecule has 1 atom stereocenters. The fraction of sp³-hybridized carbons (Fsp3) is 0.600. The van der Waals surface area contributed by atoms with Gasteiger partial charge in [-0.15, -0.1) is 0 Å². The minimum absolute atomic E-state index is 0.318. The predicted molar refractivity (Wildman–Crippen MR) is 76.2 cm³/mol. The zero-order chi connectivity index (χ0) is 13.2. The molecule has 0 amide bonds. The molecule has 0 bridgehead atoms. The van der Waals surface area contributed by atoms with E-state index in [1.54, 1.807) is 0 Å². The van der Waals surface area contributed by atoms with E-state index in [0.717, 1.165) is 28.5 Å². The first kappa shape index (κ1) is 13.1. The number of hydrogen-bond donors (Lipinski definition) is 1. The first-order valence-electron chi connectivity index (χ1n) is 7.06. The highest BCUT2D eigenvalue weighted by Gasteiger charge is 2.29. The SMILES string of the molecule is CNC(c1cc2c(cc1Cl)OCCCO2)C1CCC1. The second kappa shape index (κ2) is 5.59. The molecule has 104 valence electrons. The Morgan fingerprint density at radius 3 is 2.42 bits per heavy atom. The summed E-state index contributed by atoms with van der Waals surface area (Å²) < 4.78 is 11.4. The molecular formula is C15H20ClNO2. The Balaban J connectivity index is 1.93. The largest absolute Gasteiger partial charge is 0.490 e. The molecule has 1 aliphatic carbocycles. The molecule has 1 N–H and O–H groups in total. The molecular weight excluding hydrogens is 262 g/mol. The fourth-order valence-corrected chi connectivity index (χ4v) is 3.13. The Kier molecular flexibility index (Phi) is 3.85. The minimum Gasteiger partial charge on any atom is -0.490 e. The third kappa shape index (κ3) is 2.54. The molecule has 1 aliphatic heterocycles. The summed E-state index contributed by atoms with van der Waals surface area (Å²) in [5, 5.41) is 4.18. The van der Waals surface area contributed by atoms with Crippen molar-refractivity contribution < 1.29 is 9.47 Å². The summed E-state index contributed by atoms with van der Waals surface area (Å²) >= 11 is 6.44. The van der Waals surface area contributed by atoms with Gasteiger partial charge in [-0.1, -0.05) is 18.0 Å². The van der Waals surface area contributed by atoms with E-state index in [9.17, 15) is 0 Å². The maximum atomic E-state index is 6.44. The summed E-state index contributed by atoms with van der Waals surface area (Å²) in [6, 6.07) is 4.28. The molecule has 0 saturated heterocycles. The van der Waals surface area contributed by atoms with Crippen LogP contribution in [-0.2, 0) is 0 Å². The zero-order valence-electron chi connectivity index (χ0n) is 11.2. The van der Waals surface area contributed by atoms with Crippen LogP contribution in [0.25, 0.3) is 0 Å². The highest BCUT2D eigenvalue weighted by atomic mass is 35.5. The molecule has 3 nitrogen and oxygen atoms in total. The second-order valence-corrected chi connectivity index (χ2v) is 5.74. The summed E-state index contributed by atoms with van der Waals surface area (Å²) in [4.78, 5) is 0. The Labute approximate surface area is 119 Å². The van der Waals surface area contributed by atoms with Crippen LogP contribution in [0, 0.1) is 5.92 Å². The molecule has 1 aromatic rings. The van der Waals surface area contributed by atoms with Crippen LogP contribution in [0.2, 0.25) is 5.02 Å². The monoisotopic (exact) mass is 281 g/mol. The number of benzene rings is 1. The zero-order valence-corrected chi connectivity index (χ0v) is 12.0. The van der Waals surface area contributed by atoms with Crippen molar-refractivity contribution in [2.24, 2.45) is 5.92 Å². The van der Waals surface area contributed by atoms with E-state index in [1.807, 2.05) is 13.1 Å². The van der Waals surface area contributed by atoms with Crippen molar-refractivity contribution in [3.8, 4) is 11.5 Å². The Bertz CT molecular complexity index is 460. The van der Waals surface area contributed by atoms with E-state index >= 15 is 0 Å². The lowest BCUT2D eigenvalue weighted by atomic mass is 9.77. The van der Waals surface area contributed by atoms with E-state index in [1.165, 1.54) is 19.3 Å². The van der Waals surface area contributed by atoms with Gasteiger partial charge < -0.3 is 14.8 Å². The highest BCUT2D eigenvalue weighted by molar-refractivity contribution is 6.31. The van der Waals surface area contributed by atoms with Crippen LogP contribution in [0.5, 0.6) is 11.5 Å². The maximum absolute atomic E-state index is 6.44. The number of halogens is 1. The van der Waals surface area contributed by atoms with Crippen molar-refractivity contribution >= 4 is 11.6 Å². The quantitative estimate of drug-likeness (QED) is 0.919. The van der Waals surface area contributed by atoms with Gasteiger partial charge >= 0.3 is 0 Å². The van der Waals surface area contributed by atoms with Crippen molar-refractivity contribution in [3.63, 3.8) is 0 Å². The average molecular weight is 282 g/mol. The van der Waals surface area contributed by atoms with Crippen LogP contribution < -0.4 is 14.8 Å². The molecule has 1 heterocycles. The van der Waals surface area contributed by atoms with Gasteiger partial charge in [0, 0.05) is 23.6 Å². The number of rotatable bonds is 3. The van der Waals surface area contributed by atoms with Gasteiger partial charge in [0.2, 0.25) is 0 Å². The number of hydrogen-bond acceptors (Lipinski definition) is 3. The lowest BCUT2D eigenvalue weighted by Crippen LogP contribution is -2.30. The molecule has 2 aliphatic rings. The summed E-state index contributed by atoms with van der Waals surface area (Å²) in [6.07, 6.45) is 4.79. The third-order valence-corrected chi connectivity index (χ3v) is 4.46. The van der Waals surface area contributed by atoms with Crippen molar-refractivity contribution in [2.45, 2.75) is 31.7 Å². The standard InChI is InChI=1S/C15H20ClNO2/c1-17-15(10-4-2-5-10)11-8-13-14(9-12(11)16)19-7-3-6-18-13/h8-10,15,17H,2-7H2,1H3. The number of nitrogens with one attached hydrogen (secondary N) is 1. The molecule has 0 aromatic heterocycles. The molecule has 4 heteroatoms. The van der Waals surface area contributed by atoms with Gasteiger partial charge in [0.1, 0.15) is 0 Å². The van der Waals surface area contributed by atoms with E-state index < -0.39 is 0 Å². The van der Waals surface area contributed by atoms with Gasteiger partial charge in [0.05, 0.1) is 13.2 Å². The van der Waals surface area contributed by atoms with Gasteiger partial charge in [-0.2, -0.15) is 0 Å². The van der Waals surface area contributed by atoms with E-state index in [2.05, 4.69) is 11.4 Å². The van der Waals surface area contributed by atoms with E-state index in [0.29, 0.717) is 25.2 Å². The van der Waals surface area contributed by atoms with Crippen LogP contribution in [0.3, 0.4) is 0 Å². The average Bonchev–Trinajstić information content (AvgIpc) is 2.57. The topological polar surface area (TPSA) is 30.5 Å². The van der Waals surface area contributed by atoms with Gasteiger partial charge in [0.25, 0.3) is 0 Å². The van der Waals surface area contributed by atoms with Crippen molar-refractivity contribution in [1.29, 1.82) is 0 Å². The molecule has 0 radical (unpaired) electrons. The smallest absolute Gasteiger partial charge is 0.162 e. The second-order valence-electron chi connectivity index (χ2n) is 5.33. The summed E-state index contributed by atoms with van der Waals surface area (Å²) in [7, 11) is 2.00. The predicted octanol–water partition coefficient (Wildman–Crippen LogP) is 3.56. The first-order chi connectivity index (χ1) is 9.29. The minimum atomic E-state index is 0.318. The summed E-state index contributed by atoms with van der Waals surface area (Å²) in [5.74, 6) is 2.29. The lowest BCUT2D eigenvalue weighted by Gasteiger charge is -2.34.